The van der Waals surface area contributed by atoms with Gasteiger partial charge in [0.25, 0.3) is 0 Å². The summed E-state index contributed by atoms with van der Waals surface area (Å²) in [6.07, 6.45) is -43.4. The van der Waals surface area contributed by atoms with E-state index in [0.29, 0.717) is 51.4 Å². The van der Waals surface area contributed by atoms with Gasteiger partial charge in [-0.15, -0.1) is 0 Å². The van der Waals surface area contributed by atoms with Crippen LogP contribution in [-0.4, -0.2) is 357 Å². The predicted molar refractivity (Wildman–Crippen MR) is 338 cm³/mol. The SMILES string of the molecule is CC1OC(OC2C(OC(=O)C34CCC(C)(C)CC3C3=CCC5C6(C)CC(O)C(OC7OC(CO)C(O)C(OC8OC(CO)C(O)C(O)C8O)C7O)C(C)(CO)C6CCC5(C)C3(C)CC4)OCC(O)C2O)C(O)C(OC2OCC(O)(CO)C2O)C1OC1OCC(O)C(OC2OCC(O)(CO)C2O)C1O. The van der Waals surface area contributed by atoms with E-state index in [0.717, 1.165) is 5.57 Å². The minimum Gasteiger partial charge on any atom is -0.432 e. The molecule has 4 saturated carbocycles. The molecule has 35 heteroatoms. The molecule has 7 heterocycles. The lowest BCUT2D eigenvalue weighted by molar-refractivity contribution is -0.383. The van der Waals surface area contributed by atoms with E-state index >= 15 is 4.79 Å². The molecule has 0 bridgehead atoms. The topological polar surface area (TPSA) is 551 Å². The molecule has 11 fully saturated rings. The van der Waals surface area contributed by atoms with Crippen molar-refractivity contribution in [2.75, 3.05) is 59.5 Å². The maximum Gasteiger partial charge on any atom is 0.315 e. The van der Waals surface area contributed by atoms with Crippen LogP contribution < -0.4 is 0 Å². The molecule has 0 amide bonds. The van der Waals surface area contributed by atoms with Gasteiger partial charge in [0.2, 0.25) is 6.29 Å². The Morgan fingerprint density at radius 1 is 0.485 bits per heavy atom. The Morgan fingerprint density at radius 2 is 1.02 bits per heavy atom. The number of carbonyl (C=O) groups excluding carboxylic acids is 1. The van der Waals surface area contributed by atoms with Crippen LogP contribution in [0, 0.1) is 50.2 Å². The average Bonchev–Trinajstić information content (AvgIpc) is 1.14. The molecule has 12 aliphatic rings. The maximum atomic E-state index is 15.7. The van der Waals surface area contributed by atoms with Crippen LogP contribution in [0.3, 0.4) is 0 Å². The first kappa shape index (κ1) is 80.4. The first-order chi connectivity index (χ1) is 48.4. The van der Waals surface area contributed by atoms with Crippen LogP contribution in [0.25, 0.3) is 0 Å². The van der Waals surface area contributed by atoms with E-state index in [-0.39, 0.29) is 23.7 Å². The Morgan fingerprint density at radius 3 is 1.63 bits per heavy atom. The first-order valence-electron chi connectivity index (χ1n) is 36.0. The van der Waals surface area contributed by atoms with Crippen molar-refractivity contribution in [1.29, 1.82) is 0 Å². The summed E-state index contributed by atoms with van der Waals surface area (Å²) in [6.45, 7) is 7.80. The van der Waals surface area contributed by atoms with Crippen molar-refractivity contribution in [3.05, 3.63) is 11.6 Å². The molecule has 0 aromatic rings. The van der Waals surface area contributed by atoms with Crippen molar-refractivity contribution in [2.45, 2.75) is 296 Å². The fraction of sp³-hybridized carbons (Fsp3) is 0.956. The Kier molecular flexibility index (Phi) is 23.3. The minimum absolute atomic E-state index is 0.140. The number of carbonyl (C=O) groups is 1. The number of hydrogen-bond acceptors (Lipinski definition) is 35. The number of rotatable bonds is 19. The van der Waals surface area contributed by atoms with E-state index in [1.54, 1.807) is 6.92 Å². The highest BCUT2D eigenvalue weighted by Crippen LogP contribution is 2.76. The zero-order valence-electron chi connectivity index (χ0n) is 58.8. The number of esters is 1. The van der Waals surface area contributed by atoms with Gasteiger partial charge in [-0.1, -0.05) is 53.2 Å². The van der Waals surface area contributed by atoms with E-state index in [9.17, 15) is 102 Å². The van der Waals surface area contributed by atoms with Gasteiger partial charge in [-0.2, -0.15) is 0 Å². The second-order valence-corrected chi connectivity index (χ2v) is 33.2. The van der Waals surface area contributed by atoms with Crippen LogP contribution in [0.15, 0.2) is 11.6 Å². The van der Waals surface area contributed by atoms with Gasteiger partial charge in [-0.3, -0.25) is 4.79 Å². The van der Waals surface area contributed by atoms with E-state index in [1.165, 1.54) is 6.92 Å². The third-order valence-corrected chi connectivity index (χ3v) is 26.5. The summed E-state index contributed by atoms with van der Waals surface area (Å²) < 4.78 is 83.7. The molecule has 39 atom stereocenters. The smallest absolute Gasteiger partial charge is 0.315 e. The molecule has 7 saturated heterocycles. The summed E-state index contributed by atoms with van der Waals surface area (Å²) in [6, 6.07) is 0. The minimum atomic E-state index is -2.24. The van der Waals surface area contributed by atoms with Crippen molar-refractivity contribution >= 4 is 5.97 Å². The monoisotopic (exact) mass is 1490 g/mol. The standard InChI is InChI=1S/C68H110O35/c1-27-45(97-53-42(82)46(32(76)21-90-53)98-58-50(85)67(88,23-72)25-92-58)48(100-59-51(86)68(89,24-73)26-93-59)44(84)55(94-27)101-49-37(77)31(75)20-91-57(49)103-60(87)66-14-12-61(2,3)16-29(66)28-8-9-36-62(4)17-30(74)52(63(5,22-71)35(62)10-11-65(36,7)64(28,6)13-15-66)102-56-43(83)47(39(79)34(19-70)96-56)99-54-41(81)40(80)38(78)33(18-69)95-54/h8,27,29-59,69-86,88-89H,9-26H2,1-7H3. The molecular weight excluding hydrogens is 1380 g/mol. The maximum absolute atomic E-state index is 15.7. The highest BCUT2D eigenvalue weighted by molar-refractivity contribution is 5.79. The molecule has 0 aromatic carbocycles. The van der Waals surface area contributed by atoms with Crippen LogP contribution >= 0.6 is 0 Å². The normalized spacial score (nSPS) is 55.0. The first-order valence-corrected chi connectivity index (χ1v) is 36.0. The van der Waals surface area contributed by atoms with Gasteiger partial charge < -0.3 is 168 Å². The van der Waals surface area contributed by atoms with Crippen molar-refractivity contribution in [3.63, 3.8) is 0 Å². The lowest BCUT2D eigenvalue weighted by Gasteiger charge is -2.72. The molecule has 0 spiro atoms. The van der Waals surface area contributed by atoms with Crippen molar-refractivity contribution in [3.8, 4) is 0 Å². The van der Waals surface area contributed by atoms with Gasteiger partial charge >= 0.3 is 5.97 Å². The quantitative estimate of drug-likeness (QED) is 0.0325. The third kappa shape index (κ3) is 13.6. The van der Waals surface area contributed by atoms with Gasteiger partial charge in [-0.25, -0.2) is 0 Å². The summed E-state index contributed by atoms with van der Waals surface area (Å²) >= 11 is 0. The lowest BCUT2D eigenvalue weighted by atomic mass is 9.33. The summed E-state index contributed by atoms with van der Waals surface area (Å²) in [5.41, 5.74) is -7.80. The van der Waals surface area contributed by atoms with Gasteiger partial charge in [0.05, 0.1) is 83.2 Å². The Balaban J connectivity index is 0.770. The Labute approximate surface area is 594 Å². The number of hydrogen-bond donors (Lipinski definition) is 20. The molecule has 5 aliphatic carbocycles. The van der Waals surface area contributed by atoms with Crippen LogP contribution in [0.4, 0.5) is 0 Å². The van der Waals surface area contributed by atoms with Crippen molar-refractivity contribution < 1.29 is 173 Å². The molecule has 7 aliphatic heterocycles. The second-order valence-electron chi connectivity index (χ2n) is 33.2. The van der Waals surface area contributed by atoms with Gasteiger partial charge in [0, 0.05) is 5.41 Å². The van der Waals surface area contributed by atoms with Crippen LogP contribution in [0.5, 0.6) is 0 Å². The number of fused-ring (bicyclic) bond motifs is 7. The zero-order valence-corrected chi connectivity index (χ0v) is 58.8. The average molecular weight is 1490 g/mol. The van der Waals surface area contributed by atoms with Gasteiger partial charge in [-0.05, 0) is 104 Å². The van der Waals surface area contributed by atoms with Crippen LogP contribution in [0.1, 0.15) is 106 Å². The fourth-order valence-corrected chi connectivity index (χ4v) is 20.0. The number of aliphatic hydroxyl groups is 20. The van der Waals surface area contributed by atoms with E-state index in [1.807, 2.05) is 0 Å². The number of aliphatic hydroxyl groups excluding tert-OH is 18. The fourth-order valence-electron chi connectivity index (χ4n) is 20.0. The molecule has 0 radical (unpaired) electrons. The van der Waals surface area contributed by atoms with Crippen LogP contribution in [-0.2, 0) is 71.1 Å². The molecule has 12 rings (SSSR count). The van der Waals surface area contributed by atoms with E-state index in [2.05, 4.69) is 40.7 Å². The Bertz CT molecular complexity index is 2960. The Hall–Kier alpha value is -2.11. The highest BCUT2D eigenvalue weighted by atomic mass is 16.8. The van der Waals surface area contributed by atoms with E-state index < -0.39 is 288 Å². The summed E-state index contributed by atoms with van der Waals surface area (Å²) in [7, 11) is 0. The predicted octanol–water partition coefficient (Wildman–Crippen LogP) is -7.03. The zero-order chi connectivity index (χ0) is 75.0. The van der Waals surface area contributed by atoms with Crippen molar-refractivity contribution in [2.24, 2.45) is 50.2 Å². The number of ether oxygens (including phenoxy) is 14. The largest absolute Gasteiger partial charge is 0.432 e. The van der Waals surface area contributed by atoms with Crippen molar-refractivity contribution in [1.82, 2.24) is 0 Å². The highest BCUT2D eigenvalue weighted by Gasteiger charge is 2.72. The van der Waals surface area contributed by atoms with Crippen LogP contribution in [0.2, 0.25) is 0 Å². The molecule has 0 aromatic heterocycles. The molecule has 20 N–H and O–H groups in total. The van der Waals surface area contributed by atoms with Gasteiger partial charge in [0.15, 0.2) is 43.8 Å². The number of allylic oxidation sites excluding steroid dienone is 2. The summed E-state index contributed by atoms with van der Waals surface area (Å²) in [4.78, 5) is 15.7. The van der Waals surface area contributed by atoms with Gasteiger partial charge in [0.1, 0.15) is 121 Å². The second kappa shape index (κ2) is 29.9. The molecule has 39 unspecified atom stereocenters. The third-order valence-electron chi connectivity index (χ3n) is 26.5. The summed E-state index contributed by atoms with van der Waals surface area (Å²) in [5.74, 6) is -1.57. The molecule has 103 heavy (non-hydrogen) atoms. The lowest BCUT2D eigenvalue weighted by Crippen LogP contribution is -2.70. The summed E-state index contributed by atoms with van der Waals surface area (Å²) in [5, 5.41) is 221. The van der Waals surface area contributed by atoms with E-state index in [4.69, 9.17) is 66.3 Å². The molecular formula is C68H110O35. The molecule has 35 nitrogen and oxygen atoms in total. The molecule has 592 valence electrons.